The van der Waals surface area contributed by atoms with Crippen LogP contribution in [0.3, 0.4) is 0 Å². The molecule has 0 saturated carbocycles. The number of nitrogens with one attached hydrogen (secondary N) is 2. The second-order valence-electron chi connectivity index (χ2n) is 4.43. The summed E-state index contributed by atoms with van der Waals surface area (Å²) in [5, 5.41) is 2.49. The van der Waals surface area contributed by atoms with Crippen LogP contribution in [0.25, 0.3) is 0 Å². The van der Waals surface area contributed by atoms with Gasteiger partial charge in [0.2, 0.25) is 10.0 Å². The summed E-state index contributed by atoms with van der Waals surface area (Å²) < 4.78 is 35.0. The zero-order chi connectivity index (χ0) is 17.3. The highest BCUT2D eigenvalue weighted by atomic mass is 32.2. The van der Waals surface area contributed by atoms with Crippen molar-refractivity contribution >= 4 is 21.9 Å². The van der Waals surface area contributed by atoms with Crippen molar-refractivity contribution in [1.29, 1.82) is 0 Å². The predicted octanol–water partition coefficient (Wildman–Crippen LogP) is -0.0925. The van der Waals surface area contributed by atoms with Crippen molar-refractivity contribution in [2.75, 3.05) is 32.6 Å². The van der Waals surface area contributed by atoms with E-state index in [2.05, 4.69) is 14.8 Å². The minimum atomic E-state index is -3.67. The minimum absolute atomic E-state index is 0.0803. The van der Waals surface area contributed by atoms with Crippen LogP contribution in [0.1, 0.15) is 17.3 Å². The summed E-state index contributed by atoms with van der Waals surface area (Å²) in [6.07, 6.45) is 0. The number of carbonyl (C=O) groups excluding carboxylic acids is 2. The number of amides is 1. The van der Waals surface area contributed by atoms with E-state index in [-0.39, 0.29) is 18.9 Å². The third-order valence-electron chi connectivity index (χ3n) is 2.75. The molecule has 1 amide bonds. The molecule has 0 radical (unpaired) electrons. The summed E-state index contributed by atoms with van der Waals surface area (Å²) in [6, 6.07) is 6.41. The molecule has 0 aliphatic carbocycles. The van der Waals surface area contributed by atoms with Crippen LogP contribution in [0.2, 0.25) is 0 Å². The molecular weight excluding hydrogens is 324 g/mol. The number of sulfonamides is 1. The van der Waals surface area contributed by atoms with E-state index in [1.807, 2.05) is 0 Å². The molecule has 23 heavy (non-hydrogen) atoms. The van der Waals surface area contributed by atoms with E-state index < -0.39 is 28.4 Å². The van der Waals surface area contributed by atoms with Gasteiger partial charge in [0.1, 0.15) is 12.3 Å². The molecule has 0 heterocycles. The first-order chi connectivity index (χ1) is 10.9. The van der Waals surface area contributed by atoms with Gasteiger partial charge in [0.05, 0.1) is 19.5 Å². The molecule has 1 aromatic carbocycles. The van der Waals surface area contributed by atoms with E-state index in [4.69, 9.17) is 4.74 Å². The molecule has 2 N–H and O–H groups in total. The van der Waals surface area contributed by atoms with Gasteiger partial charge in [-0.3, -0.25) is 9.59 Å². The van der Waals surface area contributed by atoms with Gasteiger partial charge < -0.3 is 14.8 Å². The van der Waals surface area contributed by atoms with Crippen molar-refractivity contribution in [1.82, 2.24) is 10.0 Å². The first-order valence-corrected chi connectivity index (χ1v) is 8.58. The van der Waals surface area contributed by atoms with E-state index >= 15 is 0 Å². The first-order valence-electron chi connectivity index (χ1n) is 6.93. The van der Waals surface area contributed by atoms with E-state index in [1.54, 1.807) is 31.2 Å². The number of ether oxygens (including phenoxy) is 2. The molecule has 8 nitrogen and oxygen atoms in total. The van der Waals surface area contributed by atoms with E-state index in [0.717, 1.165) is 0 Å². The highest BCUT2D eigenvalue weighted by Gasteiger charge is 2.14. The van der Waals surface area contributed by atoms with Gasteiger partial charge in [-0.2, -0.15) is 0 Å². The second kappa shape index (κ2) is 9.11. The Morgan fingerprint density at radius 3 is 2.39 bits per heavy atom. The second-order valence-corrected chi connectivity index (χ2v) is 6.36. The highest BCUT2D eigenvalue weighted by Crippen LogP contribution is 2.10. The third-order valence-corrected chi connectivity index (χ3v) is 4.08. The van der Waals surface area contributed by atoms with Gasteiger partial charge in [0.15, 0.2) is 0 Å². The first kappa shape index (κ1) is 18.9. The van der Waals surface area contributed by atoms with Crippen LogP contribution in [0.5, 0.6) is 5.75 Å². The van der Waals surface area contributed by atoms with Crippen LogP contribution < -0.4 is 14.8 Å². The summed E-state index contributed by atoms with van der Waals surface area (Å²) in [4.78, 5) is 22.9. The van der Waals surface area contributed by atoms with Crippen LogP contribution >= 0.6 is 0 Å². The van der Waals surface area contributed by atoms with Gasteiger partial charge >= 0.3 is 5.97 Å². The van der Waals surface area contributed by atoms with Crippen molar-refractivity contribution < 1.29 is 27.5 Å². The number of carbonyl (C=O) groups is 2. The summed E-state index contributed by atoms with van der Waals surface area (Å²) in [6.45, 7) is 1.30. The Hall–Kier alpha value is -2.13. The summed E-state index contributed by atoms with van der Waals surface area (Å²) >= 11 is 0. The van der Waals surface area contributed by atoms with Gasteiger partial charge in [-0.1, -0.05) is 0 Å². The van der Waals surface area contributed by atoms with Crippen LogP contribution in [0, 0.1) is 0 Å². The molecule has 128 valence electrons. The van der Waals surface area contributed by atoms with Crippen LogP contribution in [-0.4, -0.2) is 52.9 Å². The summed E-state index contributed by atoms with van der Waals surface area (Å²) in [5.74, 6) is -0.771. The van der Waals surface area contributed by atoms with Gasteiger partial charge in [-0.15, -0.1) is 0 Å². The van der Waals surface area contributed by atoms with Crippen LogP contribution in [-0.2, 0) is 19.6 Å². The number of benzene rings is 1. The average molecular weight is 344 g/mol. The Balaban J connectivity index is 2.39. The Labute approximate surface area is 135 Å². The maximum atomic E-state index is 11.8. The van der Waals surface area contributed by atoms with Crippen molar-refractivity contribution in [3.8, 4) is 5.75 Å². The van der Waals surface area contributed by atoms with Crippen LogP contribution in [0.15, 0.2) is 24.3 Å². The lowest BCUT2D eigenvalue weighted by Crippen LogP contribution is -2.37. The Morgan fingerprint density at radius 1 is 1.17 bits per heavy atom. The smallest absolute Gasteiger partial charge is 0.320 e. The molecule has 0 atom stereocenters. The van der Waals surface area contributed by atoms with Crippen molar-refractivity contribution in [2.45, 2.75) is 6.92 Å². The molecule has 9 heteroatoms. The predicted molar refractivity (Wildman–Crippen MR) is 83.7 cm³/mol. The number of rotatable bonds is 9. The summed E-state index contributed by atoms with van der Waals surface area (Å²) in [7, 11) is -2.15. The Kier molecular flexibility index (Phi) is 7.49. The largest absolute Gasteiger partial charge is 0.497 e. The van der Waals surface area contributed by atoms with Gasteiger partial charge in [-0.05, 0) is 31.2 Å². The normalized spacial score (nSPS) is 10.9. The lowest BCUT2D eigenvalue weighted by molar-refractivity contribution is -0.141. The number of hydrogen-bond acceptors (Lipinski definition) is 6. The standard InChI is InChI=1S/C14H20N2O6S/c1-3-22-13(17)10-16-23(19,20)9-8-15-14(18)11-4-6-12(21-2)7-5-11/h4-7,16H,3,8-10H2,1-2H3,(H,15,18). The molecule has 0 aromatic heterocycles. The monoisotopic (exact) mass is 344 g/mol. The van der Waals surface area contributed by atoms with E-state index in [0.29, 0.717) is 11.3 Å². The molecule has 1 rings (SSSR count). The fraction of sp³-hybridized carbons (Fsp3) is 0.429. The summed E-state index contributed by atoms with van der Waals surface area (Å²) in [5.41, 5.74) is 0.391. The molecule has 0 fully saturated rings. The molecule has 0 spiro atoms. The fourth-order valence-electron chi connectivity index (χ4n) is 1.60. The lowest BCUT2D eigenvalue weighted by Gasteiger charge is -2.08. The van der Waals surface area contributed by atoms with E-state index in [9.17, 15) is 18.0 Å². The Morgan fingerprint density at radius 2 is 1.83 bits per heavy atom. The Bertz CT molecular complexity index is 627. The molecule has 0 saturated heterocycles. The zero-order valence-corrected chi connectivity index (χ0v) is 13.8. The third kappa shape index (κ3) is 7.11. The van der Waals surface area contributed by atoms with Crippen molar-refractivity contribution in [3.05, 3.63) is 29.8 Å². The van der Waals surface area contributed by atoms with Crippen molar-refractivity contribution in [2.24, 2.45) is 0 Å². The fourth-order valence-corrected chi connectivity index (χ4v) is 2.45. The maximum Gasteiger partial charge on any atom is 0.320 e. The molecule has 0 bridgehead atoms. The molecule has 0 aliphatic heterocycles. The molecule has 1 aromatic rings. The number of hydrogen-bond donors (Lipinski definition) is 2. The maximum absolute atomic E-state index is 11.8. The molecule has 0 unspecified atom stereocenters. The van der Waals surface area contributed by atoms with Crippen LogP contribution in [0.4, 0.5) is 0 Å². The van der Waals surface area contributed by atoms with Gasteiger partial charge in [-0.25, -0.2) is 13.1 Å². The highest BCUT2D eigenvalue weighted by molar-refractivity contribution is 7.89. The average Bonchev–Trinajstić information content (AvgIpc) is 2.53. The minimum Gasteiger partial charge on any atom is -0.497 e. The quantitative estimate of drug-likeness (QED) is 0.606. The number of esters is 1. The van der Waals surface area contributed by atoms with Crippen molar-refractivity contribution in [3.63, 3.8) is 0 Å². The van der Waals surface area contributed by atoms with Gasteiger partial charge in [0.25, 0.3) is 5.91 Å². The zero-order valence-electron chi connectivity index (χ0n) is 13.0. The number of methoxy groups -OCH3 is 1. The SMILES string of the molecule is CCOC(=O)CNS(=O)(=O)CCNC(=O)c1ccc(OC)cc1. The topological polar surface area (TPSA) is 111 Å². The lowest BCUT2D eigenvalue weighted by atomic mass is 10.2. The molecular formula is C14H20N2O6S. The molecule has 0 aliphatic rings. The van der Waals surface area contributed by atoms with E-state index in [1.165, 1.54) is 7.11 Å². The van der Waals surface area contributed by atoms with Gasteiger partial charge in [0, 0.05) is 12.1 Å².